The molecule has 0 aromatic carbocycles. The van der Waals surface area contributed by atoms with E-state index in [4.69, 9.17) is 4.42 Å². The van der Waals surface area contributed by atoms with Gasteiger partial charge in [-0.05, 0) is 0 Å². The van der Waals surface area contributed by atoms with Gasteiger partial charge in [-0.15, -0.1) is 21.5 Å². The Bertz CT molecular complexity index is 384. The molecule has 0 unspecified atom stereocenters. The van der Waals surface area contributed by atoms with Gasteiger partial charge in [0.05, 0.1) is 12.1 Å². The van der Waals surface area contributed by atoms with Gasteiger partial charge in [0.25, 0.3) is 0 Å². The van der Waals surface area contributed by atoms with Gasteiger partial charge in [-0.2, -0.15) is 0 Å². The molecule has 0 amide bonds. The van der Waals surface area contributed by atoms with E-state index in [0.29, 0.717) is 18.3 Å². The topological polar surface area (TPSA) is 63.8 Å². The second-order valence-electron chi connectivity index (χ2n) is 2.79. The van der Waals surface area contributed by atoms with Gasteiger partial charge in [0.1, 0.15) is 0 Å². The number of nitrogens with zero attached hydrogens (tertiary/aromatic N) is 3. The molecule has 74 valence electrons. The third-order valence-electron chi connectivity index (χ3n) is 1.63. The molecule has 1 N–H and O–H groups in total. The number of hydrogen-bond acceptors (Lipinski definition) is 6. The normalized spacial score (nSPS) is 10.6. The molecular weight excluding hydrogens is 200 g/mol. The third kappa shape index (κ3) is 2.36. The maximum Gasteiger partial charge on any atom is 0.230 e. The molecule has 2 heterocycles. The average Bonchev–Trinajstić information content (AvgIpc) is 2.77. The van der Waals surface area contributed by atoms with Crippen LogP contribution in [0.2, 0.25) is 0 Å². The fourth-order valence-corrected chi connectivity index (χ4v) is 1.60. The summed E-state index contributed by atoms with van der Waals surface area (Å²) in [6.45, 7) is 3.16. The van der Waals surface area contributed by atoms with E-state index in [1.54, 1.807) is 18.3 Å². The van der Waals surface area contributed by atoms with Crippen molar-refractivity contribution in [3.8, 4) is 0 Å². The highest BCUT2D eigenvalue weighted by Crippen LogP contribution is 2.04. The van der Waals surface area contributed by atoms with Gasteiger partial charge >= 0.3 is 0 Å². The fraction of sp³-hybridized carbons (Fsp3) is 0.375. The third-order valence-corrected chi connectivity index (χ3v) is 2.41. The van der Waals surface area contributed by atoms with Crippen LogP contribution in [0.3, 0.4) is 0 Å². The monoisotopic (exact) mass is 210 g/mol. The summed E-state index contributed by atoms with van der Waals surface area (Å²) in [7, 11) is 0. The highest BCUT2D eigenvalue weighted by molar-refractivity contribution is 7.09. The summed E-state index contributed by atoms with van der Waals surface area (Å²) in [5, 5.41) is 10.8. The Kier molecular flexibility index (Phi) is 2.85. The van der Waals surface area contributed by atoms with Crippen LogP contribution in [0.1, 0.15) is 16.7 Å². The number of aromatic nitrogens is 3. The molecule has 0 atom stereocenters. The van der Waals surface area contributed by atoms with Crippen molar-refractivity contribution in [2.24, 2.45) is 0 Å². The number of aryl methyl sites for hydroxylation is 1. The quantitative estimate of drug-likeness (QED) is 0.819. The van der Waals surface area contributed by atoms with Gasteiger partial charge in [0.2, 0.25) is 11.8 Å². The van der Waals surface area contributed by atoms with Crippen LogP contribution >= 0.6 is 11.3 Å². The van der Waals surface area contributed by atoms with Gasteiger partial charge in [0, 0.05) is 24.5 Å². The zero-order valence-electron chi connectivity index (χ0n) is 7.73. The van der Waals surface area contributed by atoms with E-state index in [1.807, 2.05) is 11.7 Å². The molecule has 14 heavy (non-hydrogen) atoms. The Balaban J connectivity index is 1.78. The maximum atomic E-state index is 5.21. The lowest BCUT2D eigenvalue weighted by molar-refractivity contribution is 0.447. The number of hydrogen-bond donors (Lipinski definition) is 1. The lowest BCUT2D eigenvalue weighted by atomic mass is 10.5. The van der Waals surface area contributed by atoms with E-state index < -0.39 is 0 Å². The van der Waals surface area contributed by atoms with E-state index in [1.165, 1.54) is 4.88 Å². The van der Waals surface area contributed by atoms with E-state index in [9.17, 15) is 0 Å². The van der Waals surface area contributed by atoms with Gasteiger partial charge in [-0.1, -0.05) is 0 Å². The Morgan fingerprint density at radius 3 is 3.00 bits per heavy atom. The van der Waals surface area contributed by atoms with Crippen molar-refractivity contribution in [3.05, 3.63) is 28.4 Å². The SMILES string of the molecule is Cc1nnc(CNCc2cncs2)o1. The Morgan fingerprint density at radius 2 is 2.36 bits per heavy atom. The summed E-state index contributed by atoms with van der Waals surface area (Å²) < 4.78 is 5.21. The molecular formula is C8H10N4OS. The largest absolute Gasteiger partial charge is 0.424 e. The van der Waals surface area contributed by atoms with Gasteiger partial charge < -0.3 is 9.73 Å². The highest BCUT2D eigenvalue weighted by Gasteiger charge is 2.01. The lowest BCUT2D eigenvalue weighted by Gasteiger charge is -1.96. The van der Waals surface area contributed by atoms with Gasteiger partial charge in [-0.25, -0.2) is 0 Å². The summed E-state index contributed by atoms with van der Waals surface area (Å²) in [6, 6.07) is 0. The van der Waals surface area contributed by atoms with Crippen molar-refractivity contribution < 1.29 is 4.42 Å². The van der Waals surface area contributed by atoms with E-state index >= 15 is 0 Å². The Labute approximate surface area is 85.2 Å². The molecule has 0 fully saturated rings. The standard InChI is InChI=1S/C8H10N4OS/c1-6-11-12-8(13-6)4-9-2-7-3-10-5-14-7/h3,5,9H,2,4H2,1H3. The predicted molar refractivity (Wildman–Crippen MR) is 51.7 cm³/mol. The minimum Gasteiger partial charge on any atom is -0.424 e. The summed E-state index contributed by atoms with van der Waals surface area (Å²) in [6.07, 6.45) is 1.84. The first-order valence-electron chi connectivity index (χ1n) is 4.21. The number of nitrogens with one attached hydrogen (secondary N) is 1. The summed E-state index contributed by atoms with van der Waals surface area (Å²) >= 11 is 1.62. The molecule has 0 saturated heterocycles. The second kappa shape index (κ2) is 4.30. The lowest BCUT2D eigenvalue weighted by Crippen LogP contribution is -2.11. The fourth-order valence-electron chi connectivity index (χ4n) is 1.03. The molecule has 6 heteroatoms. The summed E-state index contributed by atoms with van der Waals surface area (Å²) in [4.78, 5) is 5.17. The molecule has 0 radical (unpaired) electrons. The predicted octanol–water partition coefficient (Wildman–Crippen LogP) is 1.12. The van der Waals surface area contributed by atoms with Crippen molar-refractivity contribution in [3.63, 3.8) is 0 Å². The van der Waals surface area contributed by atoms with Crippen molar-refractivity contribution in [2.75, 3.05) is 0 Å². The summed E-state index contributed by atoms with van der Waals surface area (Å²) in [5.74, 6) is 1.21. The highest BCUT2D eigenvalue weighted by atomic mass is 32.1. The van der Waals surface area contributed by atoms with Crippen molar-refractivity contribution in [1.82, 2.24) is 20.5 Å². The molecule has 2 rings (SSSR count). The van der Waals surface area contributed by atoms with Crippen molar-refractivity contribution >= 4 is 11.3 Å². The molecule has 0 aliphatic heterocycles. The van der Waals surface area contributed by atoms with E-state index in [2.05, 4.69) is 20.5 Å². The zero-order valence-corrected chi connectivity index (χ0v) is 8.54. The van der Waals surface area contributed by atoms with Crippen LogP contribution in [0.15, 0.2) is 16.1 Å². The smallest absolute Gasteiger partial charge is 0.230 e. The minimum absolute atomic E-state index is 0.596. The molecule has 0 spiro atoms. The molecule has 0 aliphatic carbocycles. The van der Waals surface area contributed by atoms with Crippen LogP contribution in [0.25, 0.3) is 0 Å². The first-order chi connectivity index (χ1) is 6.84. The second-order valence-corrected chi connectivity index (χ2v) is 3.76. The molecule has 5 nitrogen and oxygen atoms in total. The maximum absolute atomic E-state index is 5.21. The molecule has 2 aromatic heterocycles. The molecule has 2 aromatic rings. The van der Waals surface area contributed by atoms with Crippen LogP contribution < -0.4 is 5.32 Å². The Hall–Kier alpha value is -1.27. The van der Waals surface area contributed by atoms with Crippen LogP contribution in [0, 0.1) is 6.92 Å². The summed E-state index contributed by atoms with van der Waals surface area (Å²) in [5.41, 5.74) is 1.81. The van der Waals surface area contributed by atoms with Crippen molar-refractivity contribution in [2.45, 2.75) is 20.0 Å². The van der Waals surface area contributed by atoms with Gasteiger partial charge in [0.15, 0.2) is 0 Å². The van der Waals surface area contributed by atoms with Crippen molar-refractivity contribution in [1.29, 1.82) is 0 Å². The van der Waals surface area contributed by atoms with Gasteiger partial charge in [-0.3, -0.25) is 4.98 Å². The van der Waals surface area contributed by atoms with Crippen LogP contribution in [0.5, 0.6) is 0 Å². The van der Waals surface area contributed by atoms with E-state index in [-0.39, 0.29) is 0 Å². The zero-order chi connectivity index (χ0) is 9.80. The number of thiazole rings is 1. The first kappa shape index (κ1) is 9.29. The average molecular weight is 210 g/mol. The van der Waals surface area contributed by atoms with E-state index in [0.717, 1.165) is 6.54 Å². The van der Waals surface area contributed by atoms with Crippen LogP contribution in [-0.4, -0.2) is 15.2 Å². The Morgan fingerprint density at radius 1 is 1.43 bits per heavy atom. The molecule has 0 aliphatic rings. The van der Waals surface area contributed by atoms with Crippen LogP contribution in [-0.2, 0) is 13.1 Å². The molecule has 0 bridgehead atoms. The number of rotatable bonds is 4. The first-order valence-corrected chi connectivity index (χ1v) is 5.09. The minimum atomic E-state index is 0.596. The van der Waals surface area contributed by atoms with Crippen LogP contribution in [0.4, 0.5) is 0 Å². The molecule has 0 saturated carbocycles.